The Hall–Kier alpha value is -1.71. The van der Waals surface area contributed by atoms with E-state index >= 15 is 0 Å². The lowest BCUT2D eigenvalue weighted by molar-refractivity contribution is -0.123. The van der Waals surface area contributed by atoms with E-state index in [1.165, 1.54) is 5.57 Å². The van der Waals surface area contributed by atoms with Gasteiger partial charge in [0.05, 0.1) is 12.0 Å². The highest BCUT2D eigenvalue weighted by Gasteiger charge is 2.60. The summed E-state index contributed by atoms with van der Waals surface area (Å²) in [5.41, 5.74) is 1.30. The topological polar surface area (TPSA) is 54.9 Å². The van der Waals surface area contributed by atoms with Gasteiger partial charge >= 0.3 is 0 Å². The number of allylic oxidation sites excluding steroid dienone is 2. The van der Waals surface area contributed by atoms with Crippen molar-refractivity contribution in [1.29, 1.82) is 0 Å². The van der Waals surface area contributed by atoms with E-state index in [2.05, 4.69) is 49.1 Å². The second-order valence-electron chi connectivity index (χ2n) is 6.41. The Bertz CT molecular complexity index is 518. The molecular formula is C16H23N3O. The predicted molar refractivity (Wildman–Crippen MR) is 78.8 cm³/mol. The van der Waals surface area contributed by atoms with E-state index in [1.807, 2.05) is 6.92 Å². The fourth-order valence-corrected chi connectivity index (χ4v) is 2.75. The molecule has 3 atom stereocenters. The Balaban J connectivity index is 2.02. The van der Waals surface area contributed by atoms with Crippen LogP contribution in [0.1, 0.15) is 46.5 Å². The summed E-state index contributed by atoms with van der Waals surface area (Å²) in [6, 6.07) is 1.61. The standard InChI is InChI=1S/C16H23N3O/c1-10(2)9-12-13(16(12,4)5)15(20)19-11(3)14-17-7-6-8-18-14/h6-9,11-13H,1-5H3,(H,19,20). The van der Waals surface area contributed by atoms with Crippen LogP contribution in [0.3, 0.4) is 0 Å². The number of aromatic nitrogens is 2. The molecule has 3 unspecified atom stereocenters. The number of nitrogens with one attached hydrogen (secondary N) is 1. The summed E-state index contributed by atoms with van der Waals surface area (Å²) in [5, 5.41) is 3.02. The fraction of sp³-hybridized carbons (Fsp3) is 0.562. The number of rotatable bonds is 4. The Morgan fingerprint density at radius 3 is 2.50 bits per heavy atom. The number of carbonyl (C=O) groups excluding carboxylic acids is 1. The van der Waals surface area contributed by atoms with Crippen molar-refractivity contribution < 1.29 is 4.79 Å². The van der Waals surface area contributed by atoms with E-state index in [-0.39, 0.29) is 23.3 Å². The maximum atomic E-state index is 12.4. The summed E-state index contributed by atoms with van der Waals surface area (Å²) in [6.07, 6.45) is 5.59. The third kappa shape index (κ3) is 2.89. The monoisotopic (exact) mass is 273 g/mol. The minimum atomic E-state index is -0.160. The van der Waals surface area contributed by atoms with E-state index in [0.717, 1.165) is 0 Å². The summed E-state index contributed by atoms with van der Waals surface area (Å²) < 4.78 is 0. The first kappa shape index (κ1) is 14.7. The van der Waals surface area contributed by atoms with Crippen LogP contribution in [0.5, 0.6) is 0 Å². The van der Waals surface area contributed by atoms with Gasteiger partial charge < -0.3 is 5.32 Å². The highest BCUT2D eigenvalue weighted by molar-refractivity contribution is 5.84. The van der Waals surface area contributed by atoms with Gasteiger partial charge in [-0.05, 0) is 38.2 Å². The van der Waals surface area contributed by atoms with E-state index in [4.69, 9.17) is 0 Å². The van der Waals surface area contributed by atoms with Crippen LogP contribution in [0, 0.1) is 17.3 Å². The molecule has 4 heteroatoms. The summed E-state index contributed by atoms with van der Waals surface area (Å²) in [6.45, 7) is 10.3. The molecule has 1 aliphatic carbocycles. The molecule has 1 heterocycles. The molecule has 2 rings (SSSR count). The van der Waals surface area contributed by atoms with Crippen LogP contribution in [0.2, 0.25) is 0 Å². The second-order valence-corrected chi connectivity index (χ2v) is 6.41. The lowest BCUT2D eigenvalue weighted by Crippen LogP contribution is -2.30. The first-order valence-electron chi connectivity index (χ1n) is 7.06. The highest BCUT2D eigenvalue weighted by Crippen LogP contribution is 2.59. The molecule has 1 amide bonds. The maximum absolute atomic E-state index is 12.4. The van der Waals surface area contributed by atoms with Crippen molar-refractivity contribution in [3.8, 4) is 0 Å². The third-order valence-electron chi connectivity index (χ3n) is 4.04. The third-order valence-corrected chi connectivity index (χ3v) is 4.04. The number of carbonyl (C=O) groups is 1. The molecule has 0 aliphatic heterocycles. The molecule has 0 radical (unpaired) electrons. The van der Waals surface area contributed by atoms with Gasteiger partial charge in [-0.2, -0.15) is 0 Å². The van der Waals surface area contributed by atoms with Crippen molar-refractivity contribution >= 4 is 5.91 Å². The molecule has 1 N–H and O–H groups in total. The van der Waals surface area contributed by atoms with Gasteiger partial charge in [-0.3, -0.25) is 4.79 Å². The van der Waals surface area contributed by atoms with Gasteiger partial charge in [-0.15, -0.1) is 0 Å². The molecule has 1 fully saturated rings. The van der Waals surface area contributed by atoms with E-state index in [1.54, 1.807) is 18.5 Å². The minimum absolute atomic E-state index is 0.0403. The molecule has 108 valence electrons. The van der Waals surface area contributed by atoms with E-state index in [0.29, 0.717) is 11.7 Å². The summed E-state index contributed by atoms with van der Waals surface area (Å²) in [4.78, 5) is 20.8. The Morgan fingerprint density at radius 1 is 1.35 bits per heavy atom. The number of hydrogen-bond donors (Lipinski definition) is 1. The van der Waals surface area contributed by atoms with Crippen molar-refractivity contribution in [2.24, 2.45) is 17.3 Å². The van der Waals surface area contributed by atoms with Gasteiger partial charge in [-0.25, -0.2) is 9.97 Å². The Labute approximate surface area is 120 Å². The Kier molecular flexibility index (Phi) is 3.93. The zero-order valence-electron chi connectivity index (χ0n) is 12.8. The van der Waals surface area contributed by atoms with Gasteiger partial charge in [0.2, 0.25) is 5.91 Å². The molecule has 1 aromatic heterocycles. The normalized spacial score (nSPS) is 24.6. The van der Waals surface area contributed by atoms with Crippen LogP contribution < -0.4 is 5.32 Å². The molecule has 0 bridgehead atoms. The molecule has 1 aromatic rings. The fourth-order valence-electron chi connectivity index (χ4n) is 2.75. The summed E-state index contributed by atoms with van der Waals surface area (Å²) >= 11 is 0. The Morgan fingerprint density at radius 2 is 1.95 bits per heavy atom. The highest BCUT2D eigenvalue weighted by atomic mass is 16.2. The van der Waals surface area contributed by atoms with Crippen molar-refractivity contribution in [1.82, 2.24) is 15.3 Å². The summed E-state index contributed by atoms with van der Waals surface area (Å²) in [7, 11) is 0. The molecule has 0 aromatic carbocycles. The number of amides is 1. The molecule has 1 aliphatic rings. The van der Waals surface area contributed by atoms with Crippen molar-refractivity contribution in [3.63, 3.8) is 0 Å². The van der Waals surface area contributed by atoms with Crippen LogP contribution in [0.15, 0.2) is 30.1 Å². The van der Waals surface area contributed by atoms with Gasteiger partial charge in [0.25, 0.3) is 0 Å². The zero-order valence-corrected chi connectivity index (χ0v) is 12.8. The van der Waals surface area contributed by atoms with Gasteiger partial charge in [0.1, 0.15) is 5.82 Å². The van der Waals surface area contributed by atoms with Crippen molar-refractivity contribution in [3.05, 3.63) is 35.9 Å². The molecule has 20 heavy (non-hydrogen) atoms. The lowest BCUT2D eigenvalue weighted by Gasteiger charge is -2.12. The predicted octanol–water partition coefficient (Wildman–Crippen LogP) is 2.89. The van der Waals surface area contributed by atoms with Gasteiger partial charge in [-0.1, -0.05) is 25.5 Å². The minimum Gasteiger partial charge on any atom is -0.346 e. The average Bonchev–Trinajstić information content (AvgIpc) is 2.91. The quantitative estimate of drug-likeness (QED) is 0.858. The molecule has 4 nitrogen and oxygen atoms in total. The molecule has 1 saturated carbocycles. The van der Waals surface area contributed by atoms with Crippen molar-refractivity contribution in [2.45, 2.75) is 40.7 Å². The smallest absolute Gasteiger partial charge is 0.224 e. The van der Waals surface area contributed by atoms with E-state index < -0.39 is 0 Å². The average molecular weight is 273 g/mol. The SMILES string of the molecule is CC(C)=CC1C(C(=O)NC(C)c2ncccn2)C1(C)C. The summed E-state index contributed by atoms with van der Waals surface area (Å²) in [5.74, 6) is 1.12. The van der Waals surface area contributed by atoms with Crippen molar-refractivity contribution in [2.75, 3.05) is 0 Å². The van der Waals surface area contributed by atoms with Crippen LogP contribution >= 0.6 is 0 Å². The largest absolute Gasteiger partial charge is 0.346 e. The lowest BCUT2D eigenvalue weighted by atomic mass is 10.1. The van der Waals surface area contributed by atoms with Gasteiger partial charge in [0.15, 0.2) is 0 Å². The van der Waals surface area contributed by atoms with Crippen LogP contribution in [0.25, 0.3) is 0 Å². The van der Waals surface area contributed by atoms with Crippen LogP contribution in [-0.4, -0.2) is 15.9 Å². The first-order valence-corrected chi connectivity index (χ1v) is 7.06. The first-order chi connectivity index (χ1) is 9.34. The zero-order chi connectivity index (χ0) is 14.9. The van der Waals surface area contributed by atoms with Crippen LogP contribution in [0.4, 0.5) is 0 Å². The molecular weight excluding hydrogens is 250 g/mol. The van der Waals surface area contributed by atoms with E-state index in [9.17, 15) is 4.79 Å². The second kappa shape index (κ2) is 5.35. The maximum Gasteiger partial charge on any atom is 0.224 e. The molecule has 0 spiro atoms. The van der Waals surface area contributed by atoms with Gasteiger partial charge in [0, 0.05) is 12.4 Å². The number of nitrogens with zero attached hydrogens (tertiary/aromatic N) is 2. The number of hydrogen-bond acceptors (Lipinski definition) is 3. The van der Waals surface area contributed by atoms with Crippen LogP contribution in [-0.2, 0) is 4.79 Å². The molecule has 0 saturated heterocycles.